The predicted molar refractivity (Wildman–Crippen MR) is 91.6 cm³/mol. The molecule has 1 aliphatic heterocycles. The highest BCUT2D eigenvalue weighted by Gasteiger charge is 2.14. The van der Waals surface area contributed by atoms with E-state index in [1.165, 1.54) is 6.08 Å². The van der Waals surface area contributed by atoms with E-state index in [1.54, 1.807) is 18.3 Å². The van der Waals surface area contributed by atoms with Crippen LogP contribution < -0.4 is 0 Å². The van der Waals surface area contributed by atoms with Crippen molar-refractivity contribution in [2.24, 2.45) is 0 Å². The lowest BCUT2D eigenvalue weighted by Gasteiger charge is -2.07. The Kier molecular flexibility index (Phi) is 3.50. The second kappa shape index (κ2) is 5.81. The van der Waals surface area contributed by atoms with Crippen LogP contribution in [0.3, 0.4) is 0 Å². The number of aromatic nitrogens is 1. The van der Waals surface area contributed by atoms with Gasteiger partial charge < -0.3 is 9.84 Å². The number of hydrogen-bond donors (Lipinski definition) is 1. The molecule has 0 fully saturated rings. The molecule has 4 heteroatoms. The average molecular weight is 317 g/mol. The van der Waals surface area contributed by atoms with E-state index in [0.29, 0.717) is 13.0 Å². The average Bonchev–Trinajstić information content (AvgIpc) is 3.02. The molecule has 0 unspecified atom stereocenters. The van der Waals surface area contributed by atoms with Crippen molar-refractivity contribution in [3.05, 3.63) is 77.6 Å². The molecule has 118 valence electrons. The van der Waals surface area contributed by atoms with Crippen molar-refractivity contribution >= 4 is 22.3 Å². The van der Waals surface area contributed by atoms with Gasteiger partial charge in [0.25, 0.3) is 0 Å². The highest BCUT2D eigenvalue weighted by atomic mass is 16.5. The summed E-state index contributed by atoms with van der Waals surface area (Å²) >= 11 is 0. The Morgan fingerprint density at radius 2 is 1.92 bits per heavy atom. The fourth-order valence-electron chi connectivity index (χ4n) is 2.94. The second-order valence-electron chi connectivity index (χ2n) is 5.81. The quantitative estimate of drug-likeness (QED) is 0.751. The number of fused-ring (bicyclic) bond motifs is 1. The van der Waals surface area contributed by atoms with Crippen molar-refractivity contribution in [2.45, 2.75) is 6.42 Å². The van der Waals surface area contributed by atoms with Gasteiger partial charge in [-0.05, 0) is 40.8 Å². The molecule has 2 aromatic carbocycles. The maximum atomic E-state index is 11.2. The summed E-state index contributed by atoms with van der Waals surface area (Å²) in [5.41, 5.74) is 4.02. The molecule has 0 bridgehead atoms. The Bertz CT molecular complexity index is 958. The summed E-state index contributed by atoms with van der Waals surface area (Å²) in [5.74, 6) is -0.0251. The van der Waals surface area contributed by atoms with Crippen molar-refractivity contribution in [1.82, 2.24) is 4.98 Å². The van der Waals surface area contributed by atoms with Crippen LogP contribution in [-0.4, -0.2) is 22.7 Å². The van der Waals surface area contributed by atoms with Crippen LogP contribution in [0.1, 0.15) is 16.8 Å². The summed E-state index contributed by atoms with van der Waals surface area (Å²) in [5, 5.41) is 11.6. The summed E-state index contributed by atoms with van der Waals surface area (Å²) in [6.45, 7) is 0.340. The second-order valence-corrected chi connectivity index (χ2v) is 5.81. The van der Waals surface area contributed by atoms with E-state index in [-0.39, 0.29) is 11.7 Å². The molecule has 0 radical (unpaired) electrons. The van der Waals surface area contributed by atoms with Crippen molar-refractivity contribution in [2.75, 3.05) is 6.61 Å². The van der Waals surface area contributed by atoms with E-state index in [4.69, 9.17) is 4.74 Å². The van der Waals surface area contributed by atoms with Crippen LogP contribution >= 0.6 is 0 Å². The van der Waals surface area contributed by atoms with Gasteiger partial charge in [0, 0.05) is 29.7 Å². The lowest BCUT2D eigenvalue weighted by molar-refractivity contribution is -0.134. The molecule has 2 heterocycles. The normalized spacial score (nSPS) is 13.8. The standard InChI is InChI=1S/C20H15NO3/c22-17-5-6-18-15(10-17)7-8-21-19(18)9-13-1-3-14(4-2-13)16-11-20(23)24-12-16/h1-8,10-11,22H,9,12H2. The first-order chi connectivity index (χ1) is 11.7. The highest BCUT2D eigenvalue weighted by molar-refractivity contribution is 5.95. The highest BCUT2D eigenvalue weighted by Crippen LogP contribution is 2.25. The van der Waals surface area contributed by atoms with Crippen molar-refractivity contribution in [1.29, 1.82) is 0 Å². The molecule has 0 saturated heterocycles. The van der Waals surface area contributed by atoms with E-state index in [0.717, 1.165) is 33.2 Å². The van der Waals surface area contributed by atoms with Gasteiger partial charge in [0.05, 0.1) is 5.69 Å². The third kappa shape index (κ3) is 2.74. The van der Waals surface area contributed by atoms with Crippen LogP contribution in [0.25, 0.3) is 16.3 Å². The summed E-state index contributed by atoms with van der Waals surface area (Å²) in [6.07, 6.45) is 4.00. The number of aromatic hydroxyl groups is 1. The van der Waals surface area contributed by atoms with Crippen LogP contribution in [0.5, 0.6) is 5.75 Å². The fourth-order valence-corrected chi connectivity index (χ4v) is 2.94. The SMILES string of the molecule is O=C1C=C(c2ccc(Cc3nccc4cc(O)ccc34)cc2)CO1. The Labute approximate surface area is 139 Å². The van der Waals surface area contributed by atoms with Gasteiger partial charge in [0.15, 0.2) is 0 Å². The number of pyridine rings is 1. The van der Waals surface area contributed by atoms with Crippen LogP contribution in [-0.2, 0) is 16.0 Å². The number of phenolic OH excluding ortho intramolecular Hbond substituents is 1. The van der Waals surface area contributed by atoms with Crippen LogP contribution in [0, 0.1) is 0 Å². The van der Waals surface area contributed by atoms with E-state index in [2.05, 4.69) is 4.98 Å². The maximum absolute atomic E-state index is 11.2. The zero-order valence-corrected chi connectivity index (χ0v) is 12.9. The largest absolute Gasteiger partial charge is 0.508 e. The number of carbonyl (C=O) groups excluding carboxylic acids is 1. The molecule has 4 nitrogen and oxygen atoms in total. The maximum Gasteiger partial charge on any atom is 0.331 e. The third-order valence-electron chi connectivity index (χ3n) is 4.19. The van der Waals surface area contributed by atoms with E-state index in [9.17, 15) is 9.90 Å². The summed E-state index contributed by atoms with van der Waals surface area (Å²) in [7, 11) is 0. The van der Waals surface area contributed by atoms with Crippen molar-refractivity contribution in [3.8, 4) is 5.75 Å². The first-order valence-electron chi connectivity index (χ1n) is 7.72. The zero-order chi connectivity index (χ0) is 16.5. The monoisotopic (exact) mass is 317 g/mol. The lowest BCUT2D eigenvalue weighted by Crippen LogP contribution is -1.95. The predicted octanol–water partition coefficient (Wildman–Crippen LogP) is 3.47. The molecule has 24 heavy (non-hydrogen) atoms. The number of rotatable bonds is 3. The molecule has 1 aliphatic rings. The van der Waals surface area contributed by atoms with Gasteiger partial charge in [-0.2, -0.15) is 0 Å². The number of hydrogen-bond acceptors (Lipinski definition) is 4. The Morgan fingerprint density at radius 3 is 2.67 bits per heavy atom. The lowest BCUT2D eigenvalue weighted by atomic mass is 10.0. The number of nitrogens with zero attached hydrogens (tertiary/aromatic N) is 1. The number of phenols is 1. The Morgan fingerprint density at radius 1 is 1.08 bits per heavy atom. The van der Waals surface area contributed by atoms with Crippen LogP contribution in [0.4, 0.5) is 0 Å². The molecule has 0 aliphatic carbocycles. The summed E-state index contributed by atoms with van der Waals surface area (Å²) in [4.78, 5) is 15.6. The smallest absolute Gasteiger partial charge is 0.331 e. The van der Waals surface area contributed by atoms with Crippen molar-refractivity contribution in [3.63, 3.8) is 0 Å². The first-order valence-corrected chi connectivity index (χ1v) is 7.72. The van der Waals surface area contributed by atoms with Gasteiger partial charge >= 0.3 is 5.97 Å². The van der Waals surface area contributed by atoms with Gasteiger partial charge in [0.2, 0.25) is 0 Å². The molecule has 1 N–H and O–H groups in total. The number of ether oxygens (including phenoxy) is 1. The Balaban J connectivity index is 1.62. The van der Waals surface area contributed by atoms with Crippen molar-refractivity contribution < 1.29 is 14.6 Å². The molecule has 0 spiro atoms. The van der Waals surface area contributed by atoms with Crippen LogP contribution in [0.2, 0.25) is 0 Å². The number of carbonyl (C=O) groups is 1. The number of cyclic esters (lactones) is 1. The van der Waals surface area contributed by atoms with Gasteiger partial charge in [-0.3, -0.25) is 4.98 Å². The summed E-state index contributed by atoms with van der Waals surface area (Å²) in [6, 6.07) is 15.3. The van der Waals surface area contributed by atoms with E-state index >= 15 is 0 Å². The molecule has 3 aromatic rings. The third-order valence-corrected chi connectivity index (χ3v) is 4.19. The van der Waals surface area contributed by atoms with Gasteiger partial charge in [0.1, 0.15) is 12.4 Å². The molecular formula is C20H15NO3. The molecule has 0 atom stereocenters. The molecule has 0 saturated carbocycles. The minimum Gasteiger partial charge on any atom is -0.508 e. The minimum absolute atomic E-state index is 0.255. The van der Waals surface area contributed by atoms with Gasteiger partial charge in [-0.1, -0.05) is 24.3 Å². The molecular weight excluding hydrogens is 302 g/mol. The minimum atomic E-state index is -0.280. The van der Waals surface area contributed by atoms with E-state index < -0.39 is 0 Å². The zero-order valence-electron chi connectivity index (χ0n) is 12.9. The fraction of sp³-hybridized carbons (Fsp3) is 0.100. The molecule has 0 amide bonds. The van der Waals surface area contributed by atoms with E-state index in [1.807, 2.05) is 36.4 Å². The van der Waals surface area contributed by atoms with Gasteiger partial charge in [-0.15, -0.1) is 0 Å². The Hall–Kier alpha value is -3.14. The number of esters is 1. The van der Waals surface area contributed by atoms with Gasteiger partial charge in [-0.25, -0.2) is 4.79 Å². The first kappa shape index (κ1) is 14.5. The number of benzene rings is 2. The summed E-state index contributed by atoms with van der Waals surface area (Å²) < 4.78 is 4.94. The molecule has 4 rings (SSSR count). The topological polar surface area (TPSA) is 59.4 Å². The van der Waals surface area contributed by atoms with Crippen LogP contribution in [0.15, 0.2) is 60.8 Å². The molecule has 1 aromatic heterocycles.